The number of nitrogens with zero attached hydrogens (tertiary/aromatic N) is 2. The summed E-state index contributed by atoms with van der Waals surface area (Å²) in [5.41, 5.74) is 2.87. The van der Waals surface area contributed by atoms with Crippen LogP contribution >= 0.6 is 0 Å². The predicted octanol–water partition coefficient (Wildman–Crippen LogP) is 2.28. The van der Waals surface area contributed by atoms with Gasteiger partial charge in [-0.15, -0.1) is 0 Å². The molecule has 0 aliphatic heterocycles. The summed E-state index contributed by atoms with van der Waals surface area (Å²) >= 11 is 0. The SMILES string of the molecule is CC(=O)Nc1ccc(C)cc1S(=O)(=O)NCCn1cnc2ccccc21. The van der Waals surface area contributed by atoms with E-state index >= 15 is 0 Å². The first-order valence-electron chi connectivity index (χ1n) is 8.14. The number of nitrogens with one attached hydrogen (secondary N) is 2. The molecule has 0 spiro atoms. The monoisotopic (exact) mass is 372 g/mol. The Morgan fingerprint density at radius 1 is 1.19 bits per heavy atom. The molecule has 8 heteroatoms. The number of hydrogen-bond acceptors (Lipinski definition) is 4. The zero-order valence-corrected chi connectivity index (χ0v) is 15.4. The van der Waals surface area contributed by atoms with E-state index in [1.54, 1.807) is 31.5 Å². The topological polar surface area (TPSA) is 93.1 Å². The maximum Gasteiger partial charge on any atom is 0.242 e. The number of carbonyl (C=O) groups excluding carboxylic acids is 1. The summed E-state index contributed by atoms with van der Waals surface area (Å²) in [6.45, 7) is 3.79. The summed E-state index contributed by atoms with van der Waals surface area (Å²) in [5.74, 6) is -0.324. The molecule has 1 aromatic heterocycles. The second kappa shape index (κ2) is 7.27. The predicted molar refractivity (Wildman–Crippen MR) is 100 cm³/mol. The minimum absolute atomic E-state index is 0.0585. The van der Waals surface area contributed by atoms with Gasteiger partial charge >= 0.3 is 0 Å². The maximum absolute atomic E-state index is 12.7. The molecule has 2 aromatic carbocycles. The number of aryl methyl sites for hydroxylation is 1. The Balaban J connectivity index is 1.77. The summed E-state index contributed by atoms with van der Waals surface area (Å²) in [4.78, 5) is 15.7. The first-order valence-corrected chi connectivity index (χ1v) is 9.63. The number of para-hydroxylation sites is 2. The first-order chi connectivity index (χ1) is 12.4. The molecular weight excluding hydrogens is 352 g/mol. The molecule has 2 N–H and O–H groups in total. The molecule has 136 valence electrons. The fourth-order valence-electron chi connectivity index (χ4n) is 2.71. The quantitative estimate of drug-likeness (QED) is 0.694. The number of hydrogen-bond donors (Lipinski definition) is 2. The van der Waals surface area contributed by atoms with Crippen molar-refractivity contribution in [3.8, 4) is 0 Å². The van der Waals surface area contributed by atoms with Crippen molar-refractivity contribution in [1.29, 1.82) is 0 Å². The average molecular weight is 372 g/mol. The van der Waals surface area contributed by atoms with E-state index in [-0.39, 0.29) is 23.0 Å². The zero-order chi connectivity index (χ0) is 18.7. The third-order valence-corrected chi connectivity index (χ3v) is 5.41. The summed E-state index contributed by atoms with van der Waals surface area (Å²) in [5, 5.41) is 2.56. The van der Waals surface area contributed by atoms with Crippen LogP contribution < -0.4 is 10.0 Å². The third kappa shape index (κ3) is 3.92. The fourth-order valence-corrected chi connectivity index (χ4v) is 3.98. The number of rotatable bonds is 6. The number of amides is 1. The van der Waals surface area contributed by atoms with E-state index in [1.165, 1.54) is 6.92 Å². The van der Waals surface area contributed by atoms with Crippen molar-refractivity contribution < 1.29 is 13.2 Å². The number of imidazole rings is 1. The Morgan fingerprint density at radius 2 is 1.96 bits per heavy atom. The molecule has 0 fully saturated rings. The van der Waals surface area contributed by atoms with E-state index in [2.05, 4.69) is 15.0 Å². The van der Waals surface area contributed by atoms with Crippen LogP contribution in [0.3, 0.4) is 0 Å². The largest absolute Gasteiger partial charge is 0.329 e. The normalized spacial score (nSPS) is 11.6. The van der Waals surface area contributed by atoms with Crippen LogP contribution in [0.1, 0.15) is 12.5 Å². The van der Waals surface area contributed by atoms with E-state index in [9.17, 15) is 13.2 Å². The maximum atomic E-state index is 12.7. The van der Waals surface area contributed by atoms with Crippen LogP contribution in [-0.2, 0) is 21.4 Å². The highest BCUT2D eigenvalue weighted by Crippen LogP contribution is 2.22. The van der Waals surface area contributed by atoms with Gasteiger partial charge in [0.05, 0.1) is 23.0 Å². The fraction of sp³-hybridized carbons (Fsp3) is 0.222. The van der Waals surface area contributed by atoms with E-state index in [0.29, 0.717) is 6.54 Å². The minimum atomic E-state index is -3.76. The molecule has 0 aliphatic rings. The van der Waals surface area contributed by atoms with Crippen LogP contribution in [-0.4, -0.2) is 30.4 Å². The van der Waals surface area contributed by atoms with Gasteiger partial charge in [0.25, 0.3) is 0 Å². The van der Waals surface area contributed by atoms with Crippen molar-refractivity contribution in [2.75, 3.05) is 11.9 Å². The van der Waals surface area contributed by atoms with Gasteiger partial charge in [0.2, 0.25) is 15.9 Å². The number of anilines is 1. The van der Waals surface area contributed by atoms with Crippen LogP contribution in [0.25, 0.3) is 11.0 Å². The summed E-state index contributed by atoms with van der Waals surface area (Å²) in [6.07, 6.45) is 1.69. The van der Waals surface area contributed by atoms with Gasteiger partial charge in [0.1, 0.15) is 4.90 Å². The lowest BCUT2D eigenvalue weighted by Gasteiger charge is -2.13. The Kier molecular flexibility index (Phi) is 5.06. The summed E-state index contributed by atoms with van der Waals surface area (Å²) < 4.78 is 29.9. The molecule has 1 heterocycles. The zero-order valence-electron chi connectivity index (χ0n) is 14.6. The second-order valence-corrected chi connectivity index (χ2v) is 7.74. The van der Waals surface area contributed by atoms with Crippen molar-refractivity contribution in [3.05, 3.63) is 54.4 Å². The molecule has 3 rings (SSSR count). The molecule has 0 bridgehead atoms. The summed E-state index contributed by atoms with van der Waals surface area (Å²) in [6, 6.07) is 12.5. The van der Waals surface area contributed by atoms with Gasteiger partial charge < -0.3 is 9.88 Å². The standard InChI is InChI=1S/C18H20N4O3S/c1-13-7-8-16(21-14(2)23)18(11-13)26(24,25)20-9-10-22-12-19-15-5-3-4-6-17(15)22/h3-8,11-12,20H,9-10H2,1-2H3,(H,21,23). The smallest absolute Gasteiger partial charge is 0.242 e. The van der Waals surface area contributed by atoms with Crippen molar-refractivity contribution in [3.63, 3.8) is 0 Å². The number of benzene rings is 2. The van der Waals surface area contributed by atoms with E-state index in [1.807, 2.05) is 28.8 Å². The number of carbonyl (C=O) groups is 1. The van der Waals surface area contributed by atoms with Gasteiger partial charge in [0.15, 0.2) is 0 Å². The molecule has 0 aliphatic carbocycles. The molecule has 0 atom stereocenters. The van der Waals surface area contributed by atoms with Crippen LogP contribution in [0.5, 0.6) is 0 Å². The molecular formula is C18H20N4O3S. The Morgan fingerprint density at radius 3 is 2.73 bits per heavy atom. The van der Waals surface area contributed by atoms with Crippen molar-refractivity contribution in [2.45, 2.75) is 25.3 Å². The van der Waals surface area contributed by atoms with E-state index < -0.39 is 10.0 Å². The van der Waals surface area contributed by atoms with Crippen LogP contribution in [0.15, 0.2) is 53.7 Å². The van der Waals surface area contributed by atoms with Gasteiger partial charge in [-0.05, 0) is 36.8 Å². The molecule has 1 amide bonds. The van der Waals surface area contributed by atoms with Gasteiger partial charge in [-0.25, -0.2) is 18.1 Å². The van der Waals surface area contributed by atoms with Crippen molar-refractivity contribution >= 4 is 32.7 Å². The van der Waals surface area contributed by atoms with Gasteiger partial charge in [0, 0.05) is 20.0 Å². The van der Waals surface area contributed by atoms with Gasteiger partial charge in [-0.1, -0.05) is 18.2 Å². The van der Waals surface area contributed by atoms with Crippen molar-refractivity contribution in [1.82, 2.24) is 14.3 Å². The highest BCUT2D eigenvalue weighted by molar-refractivity contribution is 7.89. The molecule has 26 heavy (non-hydrogen) atoms. The second-order valence-electron chi connectivity index (χ2n) is 6.01. The lowest BCUT2D eigenvalue weighted by molar-refractivity contribution is -0.114. The number of sulfonamides is 1. The van der Waals surface area contributed by atoms with Crippen LogP contribution in [0.4, 0.5) is 5.69 Å². The Hall–Kier alpha value is -2.71. The molecule has 0 saturated heterocycles. The molecule has 0 unspecified atom stereocenters. The van der Waals surface area contributed by atoms with Crippen LogP contribution in [0, 0.1) is 6.92 Å². The Bertz CT molecular complexity index is 1060. The lowest BCUT2D eigenvalue weighted by Crippen LogP contribution is -2.28. The highest BCUT2D eigenvalue weighted by atomic mass is 32.2. The molecule has 0 radical (unpaired) electrons. The Labute approximate surface area is 152 Å². The molecule has 0 saturated carbocycles. The summed E-state index contributed by atoms with van der Waals surface area (Å²) in [7, 11) is -3.76. The molecule has 7 nitrogen and oxygen atoms in total. The molecule has 3 aromatic rings. The van der Waals surface area contributed by atoms with Gasteiger partial charge in [-0.3, -0.25) is 4.79 Å². The van der Waals surface area contributed by atoms with Crippen LogP contribution in [0.2, 0.25) is 0 Å². The number of fused-ring (bicyclic) bond motifs is 1. The van der Waals surface area contributed by atoms with Gasteiger partial charge in [-0.2, -0.15) is 0 Å². The van der Waals surface area contributed by atoms with E-state index in [4.69, 9.17) is 0 Å². The van der Waals surface area contributed by atoms with Crippen molar-refractivity contribution in [2.24, 2.45) is 0 Å². The third-order valence-electron chi connectivity index (χ3n) is 3.91. The highest BCUT2D eigenvalue weighted by Gasteiger charge is 2.19. The number of aromatic nitrogens is 2. The first kappa shape index (κ1) is 18.1. The lowest BCUT2D eigenvalue weighted by atomic mass is 10.2. The average Bonchev–Trinajstić information content (AvgIpc) is 2.99. The van der Waals surface area contributed by atoms with E-state index in [0.717, 1.165) is 16.6 Å². The minimum Gasteiger partial charge on any atom is -0.329 e.